The third-order valence-corrected chi connectivity index (χ3v) is 4.25. The molecule has 2 aromatic rings. The van der Waals surface area contributed by atoms with E-state index in [0.29, 0.717) is 0 Å². The van der Waals surface area contributed by atoms with E-state index in [-0.39, 0.29) is 30.6 Å². The van der Waals surface area contributed by atoms with Crippen molar-refractivity contribution in [3.63, 3.8) is 0 Å². The second-order valence-corrected chi connectivity index (χ2v) is 6.50. The quantitative estimate of drug-likeness (QED) is 0.858. The second kappa shape index (κ2) is 4.75. The van der Waals surface area contributed by atoms with Crippen molar-refractivity contribution >= 4 is 23.6 Å². The molecule has 112 valence electrons. The molecule has 1 aromatic carbocycles. The fraction of sp³-hybridized carbons (Fsp3) is 0.533. The minimum Gasteiger partial charge on any atom is -0.402 e. The second-order valence-electron chi connectivity index (χ2n) is 6.50. The van der Waals surface area contributed by atoms with Crippen molar-refractivity contribution in [2.24, 2.45) is 0 Å². The van der Waals surface area contributed by atoms with Crippen molar-refractivity contribution in [3.05, 3.63) is 28.7 Å². The number of aromatic amines is 1. The molecule has 1 aromatic heterocycles. The minimum atomic E-state index is -0.384. The summed E-state index contributed by atoms with van der Waals surface area (Å²) in [6, 6.07) is 5.93. The molecule has 1 fully saturated rings. The number of nitrogens with one attached hydrogen (secondary N) is 1. The van der Waals surface area contributed by atoms with Gasteiger partial charge < -0.3 is 14.3 Å². The summed E-state index contributed by atoms with van der Waals surface area (Å²) in [7, 11) is -0.384. The van der Waals surface area contributed by atoms with Crippen LogP contribution in [-0.4, -0.2) is 28.4 Å². The smallest absolute Gasteiger partial charge is 0.402 e. The molecule has 3 rings (SSSR count). The summed E-state index contributed by atoms with van der Waals surface area (Å²) in [6.07, 6.45) is 0.0247. The molecule has 5 nitrogen and oxygen atoms in total. The van der Waals surface area contributed by atoms with E-state index in [1.54, 1.807) is 4.57 Å². The molecule has 0 saturated carbocycles. The SMILES string of the molecule is CC(C)n1c(=O)[nH]c2ccc(B3OC(C)C(C)(C)O3)cc21. The lowest BCUT2D eigenvalue weighted by Gasteiger charge is -2.21. The zero-order chi connectivity index (χ0) is 15.4. The first kappa shape index (κ1) is 14.4. The Hall–Kier alpha value is -1.53. The van der Waals surface area contributed by atoms with Gasteiger partial charge in [-0.15, -0.1) is 0 Å². The first-order chi connectivity index (χ1) is 9.79. The van der Waals surface area contributed by atoms with Crippen LogP contribution in [0.15, 0.2) is 23.0 Å². The highest BCUT2D eigenvalue weighted by atomic mass is 16.7. The topological polar surface area (TPSA) is 56.2 Å². The molecule has 6 heteroatoms. The fourth-order valence-corrected chi connectivity index (χ4v) is 2.69. The highest BCUT2D eigenvalue weighted by molar-refractivity contribution is 6.62. The Balaban J connectivity index is 2.06. The van der Waals surface area contributed by atoms with E-state index in [9.17, 15) is 4.79 Å². The molecule has 1 unspecified atom stereocenters. The van der Waals surface area contributed by atoms with E-state index in [0.717, 1.165) is 16.5 Å². The van der Waals surface area contributed by atoms with Crippen molar-refractivity contribution in [2.75, 3.05) is 0 Å². The number of fused-ring (bicyclic) bond motifs is 1. The van der Waals surface area contributed by atoms with E-state index in [4.69, 9.17) is 9.31 Å². The molecule has 1 aliphatic heterocycles. The highest BCUT2D eigenvalue weighted by Gasteiger charge is 2.43. The normalized spacial score (nSPS) is 21.6. The van der Waals surface area contributed by atoms with E-state index in [1.807, 2.05) is 52.8 Å². The van der Waals surface area contributed by atoms with Crippen LogP contribution >= 0.6 is 0 Å². The lowest BCUT2D eigenvalue weighted by Crippen LogP contribution is -2.34. The van der Waals surface area contributed by atoms with E-state index >= 15 is 0 Å². The number of imidazole rings is 1. The summed E-state index contributed by atoms with van der Waals surface area (Å²) >= 11 is 0. The Bertz CT molecular complexity index is 732. The van der Waals surface area contributed by atoms with Crippen LogP contribution in [0.5, 0.6) is 0 Å². The maximum Gasteiger partial charge on any atom is 0.494 e. The van der Waals surface area contributed by atoms with Crippen LogP contribution in [0.4, 0.5) is 0 Å². The number of hydrogen-bond acceptors (Lipinski definition) is 3. The molecule has 0 aliphatic carbocycles. The molecule has 21 heavy (non-hydrogen) atoms. The zero-order valence-electron chi connectivity index (χ0n) is 13.1. The number of H-pyrrole nitrogens is 1. The molecule has 1 aliphatic rings. The van der Waals surface area contributed by atoms with Gasteiger partial charge in [0, 0.05) is 6.04 Å². The molecule has 1 N–H and O–H groups in total. The third-order valence-electron chi connectivity index (χ3n) is 4.25. The van der Waals surface area contributed by atoms with Gasteiger partial charge in [0.05, 0.1) is 22.7 Å². The van der Waals surface area contributed by atoms with Crippen molar-refractivity contribution in [1.29, 1.82) is 0 Å². The number of hydrogen-bond donors (Lipinski definition) is 1. The van der Waals surface area contributed by atoms with Crippen molar-refractivity contribution in [2.45, 2.75) is 52.4 Å². The van der Waals surface area contributed by atoms with E-state index in [1.165, 1.54) is 0 Å². The third kappa shape index (κ3) is 2.32. The van der Waals surface area contributed by atoms with Crippen LogP contribution in [0.2, 0.25) is 0 Å². The molecule has 0 radical (unpaired) electrons. The maximum absolute atomic E-state index is 12.0. The van der Waals surface area contributed by atoms with Crippen molar-refractivity contribution in [3.8, 4) is 0 Å². The first-order valence-corrected chi connectivity index (χ1v) is 7.37. The van der Waals surface area contributed by atoms with Crippen molar-refractivity contribution < 1.29 is 9.31 Å². The largest absolute Gasteiger partial charge is 0.494 e. The monoisotopic (exact) mass is 288 g/mol. The van der Waals surface area contributed by atoms with Crippen LogP contribution in [0.25, 0.3) is 11.0 Å². The van der Waals surface area contributed by atoms with Gasteiger partial charge >= 0.3 is 12.8 Å². The Kier molecular flexibility index (Phi) is 3.26. The van der Waals surface area contributed by atoms with Gasteiger partial charge in [-0.1, -0.05) is 6.07 Å². The fourth-order valence-electron chi connectivity index (χ4n) is 2.69. The van der Waals surface area contributed by atoms with Gasteiger partial charge in [-0.25, -0.2) is 4.79 Å². The Labute approximate surface area is 124 Å². The maximum atomic E-state index is 12.0. The van der Waals surface area contributed by atoms with Crippen molar-refractivity contribution in [1.82, 2.24) is 9.55 Å². The minimum absolute atomic E-state index is 0.0247. The van der Waals surface area contributed by atoms with Crippen LogP contribution in [0.1, 0.15) is 40.7 Å². The summed E-state index contributed by atoms with van der Waals surface area (Å²) in [5.74, 6) is 0. The molecule has 0 bridgehead atoms. The van der Waals surface area contributed by atoms with Gasteiger partial charge in [-0.3, -0.25) is 4.57 Å². The number of rotatable bonds is 2. The molecule has 1 saturated heterocycles. The van der Waals surface area contributed by atoms with Gasteiger partial charge in [0.1, 0.15) is 0 Å². The van der Waals surface area contributed by atoms with Crippen LogP contribution in [0.3, 0.4) is 0 Å². The number of nitrogens with zero attached hydrogens (tertiary/aromatic N) is 1. The van der Waals surface area contributed by atoms with E-state index < -0.39 is 0 Å². The lowest BCUT2D eigenvalue weighted by molar-refractivity contribution is 0.0842. The van der Waals surface area contributed by atoms with Gasteiger partial charge in [-0.2, -0.15) is 0 Å². The van der Waals surface area contributed by atoms with Crippen LogP contribution in [0, 0.1) is 0 Å². The summed E-state index contributed by atoms with van der Waals surface area (Å²) < 4.78 is 13.6. The van der Waals surface area contributed by atoms with E-state index in [2.05, 4.69) is 4.98 Å². The average Bonchev–Trinajstić information content (AvgIpc) is 2.85. The summed E-state index contributed by atoms with van der Waals surface area (Å²) in [4.78, 5) is 14.9. The highest BCUT2D eigenvalue weighted by Crippen LogP contribution is 2.27. The molecule has 2 heterocycles. The molecular weight excluding hydrogens is 267 g/mol. The predicted octanol–water partition coefficient (Wildman–Crippen LogP) is 1.82. The van der Waals surface area contributed by atoms with Gasteiger partial charge in [0.2, 0.25) is 0 Å². The Morgan fingerprint density at radius 2 is 2.10 bits per heavy atom. The summed E-state index contributed by atoms with van der Waals surface area (Å²) in [6.45, 7) is 10.1. The molecule has 1 atom stereocenters. The summed E-state index contributed by atoms with van der Waals surface area (Å²) in [5, 5.41) is 0. The Morgan fingerprint density at radius 1 is 1.38 bits per heavy atom. The molecular formula is C15H21BN2O3. The lowest BCUT2D eigenvalue weighted by atomic mass is 9.79. The van der Waals surface area contributed by atoms with Crippen LogP contribution < -0.4 is 11.2 Å². The first-order valence-electron chi connectivity index (χ1n) is 7.37. The zero-order valence-corrected chi connectivity index (χ0v) is 13.1. The van der Waals surface area contributed by atoms with Gasteiger partial charge in [0.25, 0.3) is 0 Å². The summed E-state index contributed by atoms with van der Waals surface area (Å²) in [5.41, 5.74) is 2.27. The number of aromatic nitrogens is 2. The van der Waals surface area contributed by atoms with Gasteiger partial charge in [0.15, 0.2) is 0 Å². The standard InChI is InChI=1S/C15H21BN2O3/c1-9(2)18-13-8-11(6-7-12(13)17-14(18)19)16-20-10(3)15(4,5)21-16/h6-10H,1-5H3,(H,17,19). The predicted molar refractivity (Wildman–Crippen MR) is 84.0 cm³/mol. The van der Waals surface area contributed by atoms with Gasteiger partial charge in [-0.05, 0) is 52.2 Å². The number of benzene rings is 1. The molecule has 0 spiro atoms. The average molecular weight is 288 g/mol. The Morgan fingerprint density at radius 3 is 2.67 bits per heavy atom. The molecule has 0 amide bonds. The van der Waals surface area contributed by atoms with Crippen LogP contribution in [-0.2, 0) is 9.31 Å².